The highest BCUT2D eigenvalue weighted by Crippen LogP contribution is 2.36. The molecule has 3 aromatic rings. The molecule has 1 aromatic carbocycles. The van der Waals surface area contributed by atoms with Gasteiger partial charge in [0.2, 0.25) is 0 Å². The summed E-state index contributed by atoms with van der Waals surface area (Å²) in [5.74, 6) is 1.05. The molecule has 6 nitrogen and oxygen atoms in total. The molecule has 0 bridgehead atoms. The summed E-state index contributed by atoms with van der Waals surface area (Å²) in [6.45, 7) is 5.98. The molecular weight excluding hydrogens is 483 g/mol. The van der Waals surface area contributed by atoms with Crippen LogP contribution in [0, 0.1) is 0 Å². The maximum Gasteiger partial charge on any atom is 0.410 e. The average Bonchev–Trinajstić information content (AvgIpc) is 3.13. The quantitative estimate of drug-likeness (QED) is 0.372. The highest BCUT2D eigenvalue weighted by molar-refractivity contribution is 6.34. The molecule has 4 rings (SSSR count). The number of pyridine rings is 1. The van der Waals surface area contributed by atoms with E-state index < -0.39 is 5.60 Å². The van der Waals surface area contributed by atoms with Gasteiger partial charge in [-0.15, -0.1) is 0 Å². The summed E-state index contributed by atoms with van der Waals surface area (Å²) in [7, 11) is 0. The Hall–Kier alpha value is -2.02. The van der Waals surface area contributed by atoms with Crippen LogP contribution in [0.3, 0.4) is 0 Å². The van der Waals surface area contributed by atoms with Crippen molar-refractivity contribution in [1.29, 1.82) is 0 Å². The van der Waals surface area contributed by atoms with Crippen molar-refractivity contribution in [2.75, 3.05) is 0 Å². The Balaban J connectivity index is 1.59. The van der Waals surface area contributed by atoms with Gasteiger partial charge in [-0.25, -0.2) is 14.8 Å². The zero-order chi connectivity index (χ0) is 23.8. The molecule has 1 saturated carbocycles. The molecule has 0 saturated heterocycles. The van der Waals surface area contributed by atoms with E-state index in [9.17, 15) is 4.79 Å². The number of imidazole rings is 1. The van der Waals surface area contributed by atoms with Gasteiger partial charge in [0.05, 0.1) is 5.52 Å². The van der Waals surface area contributed by atoms with Gasteiger partial charge in [0.1, 0.15) is 16.6 Å². The second-order valence-corrected chi connectivity index (χ2v) is 10.8. The summed E-state index contributed by atoms with van der Waals surface area (Å²) in [6, 6.07) is 8.97. The first kappa shape index (κ1) is 24.1. The number of carbonyl (C=O) groups excluding carboxylic acids is 1. The monoisotopic (exact) mass is 508 g/mol. The Labute approximate surface area is 208 Å². The van der Waals surface area contributed by atoms with Crippen molar-refractivity contribution in [1.82, 2.24) is 19.9 Å². The first-order chi connectivity index (χ1) is 15.6. The van der Waals surface area contributed by atoms with Gasteiger partial charge in [0.15, 0.2) is 5.65 Å². The summed E-state index contributed by atoms with van der Waals surface area (Å²) in [4.78, 5) is 27.4. The molecule has 9 heteroatoms. The number of fused-ring (bicyclic) bond motifs is 1. The van der Waals surface area contributed by atoms with E-state index in [0.29, 0.717) is 27.4 Å². The van der Waals surface area contributed by atoms with E-state index in [4.69, 9.17) is 39.5 Å². The SMILES string of the molecule is CC(C)(C)OC(=O)N(Cc1cc(Cl)cc(Cl)c1)C1CCCC(c2nc3nc(Cl)ccc3[nH]2)C1. The lowest BCUT2D eigenvalue weighted by Gasteiger charge is -2.38. The van der Waals surface area contributed by atoms with E-state index in [1.54, 1.807) is 17.0 Å². The molecule has 2 heterocycles. The lowest BCUT2D eigenvalue weighted by atomic mass is 9.84. The maximum atomic E-state index is 13.2. The van der Waals surface area contributed by atoms with Crippen LogP contribution in [0.1, 0.15) is 63.8 Å². The fraction of sp³-hybridized carbons (Fsp3) is 0.458. The zero-order valence-electron chi connectivity index (χ0n) is 18.9. The van der Waals surface area contributed by atoms with Gasteiger partial charge in [-0.05, 0) is 75.9 Å². The molecule has 0 spiro atoms. The van der Waals surface area contributed by atoms with Crippen molar-refractivity contribution in [3.8, 4) is 0 Å². The standard InChI is InChI=1S/C24H27Cl3N4O2/c1-24(2,3)33-23(32)31(13-14-9-16(25)12-17(26)10-14)18-6-4-5-15(11-18)21-28-19-7-8-20(27)29-22(19)30-21/h7-10,12,15,18H,4-6,11,13H2,1-3H3,(H,28,29,30). The van der Waals surface area contributed by atoms with Crippen LogP contribution in [0.25, 0.3) is 11.2 Å². The number of nitrogens with zero attached hydrogens (tertiary/aromatic N) is 3. The van der Waals surface area contributed by atoms with Gasteiger partial charge in [-0.2, -0.15) is 0 Å². The van der Waals surface area contributed by atoms with Crippen molar-refractivity contribution < 1.29 is 9.53 Å². The van der Waals surface area contributed by atoms with Crippen LogP contribution < -0.4 is 0 Å². The summed E-state index contributed by atoms with van der Waals surface area (Å²) in [5.41, 5.74) is 1.73. The highest BCUT2D eigenvalue weighted by Gasteiger charge is 2.34. The molecule has 1 aliphatic rings. The molecule has 176 valence electrons. The van der Waals surface area contributed by atoms with Crippen LogP contribution in [0.2, 0.25) is 15.2 Å². The Morgan fingerprint density at radius 3 is 2.55 bits per heavy atom. The second kappa shape index (κ2) is 9.69. The lowest BCUT2D eigenvalue weighted by Crippen LogP contribution is -2.44. The minimum absolute atomic E-state index is 0.0129. The average molecular weight is 510 g/mol. The molecule has 0 radical (unpaired) electrons. The van der Waals surface area contributed by atoms with Crippen LogP contribution in [0.4, 0.5) is 4.79 Å². The largest absolute Gasteiger partial charge is 0.444 e. The Bertz CT molecular complexity index is 1140. The molecule has 1 N–H and O–H groups in total. The smallest absolute Gasteiger partial charge is 0.410 e. The molecule has 2 atom stereocenters. The van der Waals surface area contributed by atoms with Crippen molar-refractivity contribution in [3.05, 3.63) is 56.9 Å². The number of amides is 1. The number of aromatic nitrogens is 3. The summed E-state index contributed by atoms with van der Waals surface area (Å²) in [6.07, 6.45) is 3.25. The van der Waals surface area contributed by atoms with Gasteiger partial charge in [0, 0.05) is 28.5 Å². The third kappa shape index (κ3) is 6.11. The highest BCUT2D eigenvalue weighted by atomic mass is 35.5. The van der Waals surface area contributed by atoms with Crippen molar-refractivity contribution in [2.45, 2.75) is 70.6 Å². The minimum atomic E-state index is -0.598. The van der Waals surface area contributed by atoms with Gasteiger partial charge < -0.3 is 14.6 Å². The van der Waals surface area contributed by atoms with Gasteiger partial charge in [-0.3, -0.25) is 0 Å². The fourth-order valence-electron chi connectivity index (χ4n) is 4.34. The summed E-state index contributed by atoms with van der Waals surface area (Å²) in [5, 5.41) is 1.49. The van der Waals surface area contributed by atoms with Crippen LogP contribution in [-0.2, 0) is 11.3 Å². The predicted octanol–water partition coefficient (Wildman–Crippen LogP) is 7.38. The number of benzene rings is 1. The first-order valence-electron chi connectivity index (χ1n) is 11.0. The minimum Gasteiger partial charge on any atom is -0.444 e. The zero-order valence-corrected chi connectivity index (χ0v) is 21.1. The molecule has 2 aromatic heterocycles. The molecule has 2 unspecified atom stereocenters. The van der Waals surface area contributed by atoms with E-state index >= 15 is 0 Å². The number of rotatable bonds is 4. The molecule has 33 heavy (non-hydrogen) atoms. The van der Waals surface area contributed by atoms with Crippen LogP contribution in [-0.4, -0.2) is 37.6 Å². The first-order valence-corrected chi connectivity index (χ1v) is 12.2. The van der Waals surface area contributed by atoms with Gasteiger partial charge in [-0.1, -0.05) is 41.2 Å². The Morgan fingerprint density at radius 1 is 1.12 bits per heavy atom. The molecule has 0 aliphatic heterocycles. The van der Waals surface area contributed by atoms with Crippen molar-refractivity contribution >= 4 is 52.1 Å². The van der Waals surface area contributed by atoms with E-state index in [-0.39, 0.29) is 18.1 Å². The third-order valence-corrected chi connectivity index (χ3v) is 6.35. The number of ether oxygens (including phenoxy) is 1. The number of carbonyl (C=O) groups is 1. The van der Waals surface area contributed by atoms with Crippen molar-refractivity contribution in [2.24, 2.45) is 0 Å². The molecule has 1 amide bonds. The summed E-state index contributed by atoms with van der Waals surface area (Å²) < 4.78 is 5.76. The maximum absolute atomic E-state index is 13.2. The Morgan fingerprint density at radius 2 is 1.85 bits per heavy atom. The molecule has 1 aliphatic carbocycles. The summed E-state index contributed by atoms with van der Waals surface area (Å²) >= 11 is 18.4. The molecular formula is C24H27Cl3N4O2. The topological polar surface area (TPSA) is 71.1 Å². The third-order valence-electron chi connectivity index (χ3n) is 5.71. The van der Waals surface area contributed by atoms with E-state index in [1.807, 2.05) is 39.0 Å². The molecule has 1 fully saturated rings. The number of H-pyrrole nitrogens is 1. The van der Waals surface area contributed by atoms with Crippen LogP contribution in [0.15, 0.2) is 30.3 Å². The van der Waals surface area contributed by atoms with Crippen LogP contribution in [0.5, 0.6) is 0 Å². The lowest BCUT2D eigenvalue weighted by molar-refractivity contribution is 0.00874. The second-order valence-electron chi connectivity index (χ2n) is 9.53. The van der Waals surface area contributed by atoms with Gasteiger partial charge >= 0.3 is 6.09 Å². The van der Waals surface area contributed by atoms with E-state index in [2.05, 4.69) is 15.0 Å². The van der Waals surface area contributed by atoms with Crippen LogP contribution >= 0.6 is 34.8 Å². The normalized spacial score (nSPS) is 19.0. The number of hydrogen-bond donors (Lipinski definition) is 1. The Kier molecular flexibility index (Phi) is 7.08. The van der Waals surface area contributed by atoms with Gasteiger partial charge in [0.25, 0.3) is 0 Å². The van der Waals surface area contributed by atoms with E-state index in [1.165, 1.54) is 0 Å². The van der Waals surface area contributed by atoms with E-state index in [0.717, 1.165) is 42.6 Å². The van der Waals surface area contributed by atoms with Crippen molar-refractivity contribution in [3.63, 3.8) is 0 Å². The number of nitrogens with one attached hydrogen (secondary N) is 1. The number of hydrogen-bond acceptors (Lipinski definition) is 4. The fourth-order valence-corrected chi connectivity index (χ4v) is 5.05. The number of aromatic amines is 1. The predicted molar refractivity (Wildman–Crippen MR) is 132 cm³/mol. The number of halogens is 3.